The molecule has 0 spiro atoms. The molecule has 13 heavy (non-hydrogen) atoms. The Labute approximate surface area is 77.9 Å². The van der Waals surface area contributed by atoms with Crippen molar-refractivity contribution >= 4 is 11.4 Å². The van der Waals surface area contributed by atoms with Crippen molar-refractivity contribution in [2.45, 2.75) is 25.9 Å². The Kier molecular flexibility index (Phi) is 1.74. The van der Waals surface area contributed by atoms with Crippen molar-refractivity contribution < 1.29 is 5.11 Å². The van der Waals surface area contributed by atoms with E-state index in [1.54, 1.807) is 6.92 Å². The largest absolute Gasteiger partial charge is 0.379 e. The Hall–Kier alpha value is -1.15. The van der Waals surface area contributed by atoms with E-state index >= 15 is 0 Å². The lowest BCUT2D eigenvalue weighted by Gasteiger charge is -2.19. The highest BCUT2D eigenvalue weighted by Crippen LogP contribution is 2.38. The van der Waals surface area contributed by atoms with Gasteiger partial charge in [0.15, 0.2) is 0 Å². The molecule has 1 atom stereocenters. The van der Waals surface area contributed by atoms with Crippen LogP contribution >= 0.6 is 0 Å². The average Bonchev–Trinajstić information content (AvgIpc) is 2.39. The number of rotatable bonds is 1. The average molecular weight is 175 g/mol. The van der Waals surface area contributed by atoms with Crippen LogP contribution in [0.3, 0.4) is 0 Å². The number of benzene rings is 1. The summed E-state index contributed by atoms with van der Waals surface area (Å²) in [5.41, 5.74) is 1.83. The van der Waals surface area contributed by atoms with Crippen molar-refractivity contribution in [3.05, 3.63) is 29.8 Å². The standard InChI is InChI=1S/C11H13NO/c1-3-10-11(2,13)8-6-4-5-7-9(8)12-10/h4-7,13H,3H2,1-2H3. The van der Waals surface area contributed by atoms with Crippen LogP contribution in [0.15, 0.2) is 29.3 Å². The summed E-state index contributed by atoms with van der Waals surface area (Å²) in [6.45, 7) is 3.82. The van der Waals surface area contributed by atoms with Crippen molar-refractivity contribution in [3.8, 4) is 0 Å². The predicted molar refractivity (Wildman–Crippen MR) is 53.4 cm³/mol. The molecule has 0 bridgehead atoms. The minimum atomic E-state index is -0.856. The molecule has 0 saturated carbocycles. The minimum Gasteiger partial charge on any atom is -0.379 e. The van der Waals surface area contributed by atoms with Gasteiger partial charge in [0.1, 0.15) is 5.60 Å². The van der Waals surface area contributed by atoms with Crippen molar-refractivity contribution in [1.29, 1.82) is 0 Å². The lowest BCUT2D eigenvalue weighted by molar-refractivity contribution is 0.135. The first-order valence-corrected chi connectivity index (χ1v) is 4.56. The van der Waals surface area contributed by atoms with Crippen LogP contribution in [0.5, 0.6) is 0 Å². The van der Waals surface area contributed by atoms with Crippen LogP contribution in [-0.2, 0) is 5.60 Å². The van der Waals surface area contributed by atoms with Crippen LogP contribution in [0, 0.1) is 0 Å². The van der Waals surface area contributed by atoms with Gasteiger partial charge < -0.3 is 5.11 Å². The Morgan fingerprint density at radius 3 is 2.69 bits per heavy atom. The highest BCUT2D eigenvalue weighted by molar-refractivity contribution is 5.99. The van der Waals surface area contributed by atoms with Crippen LogP contribution in [0.4, 0.5) is 5.69 Å². The van der Waals surface area contributed by atoms with Crippen LogP contribution in [0.2, 0.25) is 0 Å². The third-order valence-electron chi connectivity index (χ3n) is 2.58. The first kappa shape index (κ1) is 8.45. The molecule has 68 valence electrons. The van der Waals surface area contributed by atoms with Gasteiger partial charge in [0, 0.05) is 5.56 Å². The van der Waals surface area contributed by atoms with Gasteiger partial charge in [-0.15, -0.1) is 0 Å². The summed E-state index contributed by atoms with van der Waals surface area (Å²) >= 11 is 0. The second-order valence-electron chi connectivity index (χ2n) is 3.50. The molecule has 1 aliphatic heterocycles. The van der Waals surface area contributed by atoms with Gasteiger partial charge in [0.05, 0.1) is 11.4 Å². The van der Waals surface area contributed by atoms with E-state index in [9.17, 15) is 5.11 Å². The van der Waals surface area contributed by atoms with Gasteiger partial charge in [-0.3, -0.25) is 4.99 Å². The molecule has 1 N–H and O–H groups in total. The van der Waals surface area contributed by atoms with Crippen molar-refractivity contribution in [2.75, 3.05) is 0 Å². The maximum absolute atomic E-state index is 10.2. The highest BCUT2D eigenvalue weighted by Gasteiger charge is 2.35. The number of hydrogen-bond donors (Lipinski definition) is 1. The van der Waals surface area contributed by atoms with Crippen LogP contribution < -0.4 is 0 Å². The SMILES string of the molecule is CCC1=Nc2ccccc2C1(C)O. The summed E-state index contributed by atoms with van der Waals surface area (Å²) < 4.78 is 0. The zero-order valence-electron chi connectivity index (χ0n) is 7.91. The molecule has 0 fully saturated rings. The second-order valence-corrected chi connectivity index (χ2v) is 3.50. The summed E-state index contributed by atoms with van der Waals surface area (Å²) in [7, 11) is 0. The number of fused-ring (bicyclic) bond motifs is 1. The fourth-order valence-corrected chi connectivity index (χ4v) is 1.82. The monoisotopic (exact) mass is 175 g/mol. The molecule has 1 unspecified atom stereocenters. The van der Waals surface area contributed by atoms with Gasteiger partial charge >= 0.3 is 0 Å². The lowest BCUT2D eigenvalue weighted by atomic mass is 9.91. The normalized spacial score (nSPS) is 25.6. The predicted octanol–water partition coefficient (Wildman–Crippen LogP) is 2.39. The molecule has 0 saturated heterocycles. The molecule has 2 nitrogen and oxygen atoms in total. The summed E-state index contributed by atoms with van der Waals surface area (Å²) in [5.74, 6) is 0. The second kappa shape index (κ2) is 2.67. The first-order chi connectivity index (χ1) is 6.16. The smallest absolute Gasteiger partial charge is 0.127 e. The fraction of sp³-hybridized carbons (Fsp3) is 0.364. The summed E-state index contributed by atoms with van der Waals surface area (Å²) in [5, 5.41) is 10.2. The highest BCUT2D eigenvalue weighted by atomic mass is 16.3. The van der Waals surface area contributed by atoms with Crippen molar-refractivity contribution in [2.24, 2.45) is 4.99 Å². The summed E-state index contributed by atoms with van der Waals surface area (Å²) in [6.07, 6.45) is 0.793. The number of hydrogen-bond acceptors (Lipinski definition) is 2. The van der Waals surface area contributed by atoms with Gasteiger partial charge in [-0.2, -0.15) is 0 Å². The molecule has 1 aliphatic rings. The van der Waals surface area contributed by atoms with Crippen LogP contribution in [0.1, 0.15) is 25.8 Å². The Morgan fingerprint density at radius 1 is 1.38 bits per heavy atom. The third-order valence-corrected chi connectivity index (χ3v) is 2.58. The number of aliphatic hydroxyl groups is 1. The molecule has 0 aromatic heterocycles. The zero-order chi connectivity index (χ0) is 9.47. The maximum atomic E-state index is 10.2. The summed E-state index contributed by atoms with van der Waals surface area (Å²) in [6, 6.07) is 7.74. The Bertz CT molecular complexity index is 366. The van der Waals surface area contributed by atoms with Gasteiger partial charge in [-0.05, 0) is 19.4 Å². The minimum absolute atomic E-state index is 0.793. The molecule has 0 aliphatic carbocycles. The molecule has 0 amide bonds. The summed E-state index contributed by atoms with van der Waals surface area (Å²) in [4.78, 5) is 4.39. The lowest BCUT2D eigenvalue weighted by Crippen LogP contribution is -2.28. The topological polar surface area (TPSA) is 32.6 Å². The van der Waals surface area contributed by atoms with E-state index < -0.39 is 5.60 Å². The third kappa shape index (κ3) is 1.10. The van der Waals surface area contributed by atoms with Gasteiger partial charge in [0.2, 0.25) is 0 Å². The maximum Gasteiger partial charge on any atom is 0.127 e. The van der Waals surface area contributed by atoms with Crippen LogP contribution in [0.25, 0.3) is 0 Å². The van der Waals surface area contributed by atoms with Gasteiger partial charge in [-0.25, -0.2) is 0 Å². The zero-order valence-corrected chi connectivity index (χ0v) is 7.91. The van der Waals surface area contributed by atoms with E-state index in [4.69, 9.17) is 0 Å². The van der Waals surface area contributed by atoms with E-state index in [1.165, 1.54) is 0 Å². The molecule has 0 radical (unpaired) electrons. The number of para-hydroxylation sites is 1. The van der Waals surface area contributed by atoms with E-state index in [2.05, 4.69) is 4.99 Å². The molecule has 1 aromatic rings. The fourth-order valence-electron chi connectivity index (χ4n) is 1.82. The van der Waals surface area contributed by atoms with E-state index in [0.717, 1.165) is 23.4 Å². The van der Waals surface area contributed by atoms with Crippen LogP contribution in [-0.4, -0.2) is 10.8 Å². The number of aliphatic imine (C=N–C) groups is 1. The molecule has 2 heteroatoms. The van der Waals surface area contributed by atoms with Gasteiger partial charge in [0.25, 0.3) is 0 Å². The quantitative estimate of drug-likeness (QED) is 0.698. The van der Waals surface area contributed by atoms with E-state index in [1.807, 2.05) is 31.2 Å². The molecule has 2 rings (SSSR count). The van der Waals surface area contributed by atoms with Crippen molar-refractivity contribution in [3.63, 3.8) is 0 Å². The molecular formula is C11H13NO. The van der Waals surface area contributed by atoms with E-state index in [-0.39, 0.29) is 0 Å². The Morgan fingerprint density at radius 2 is 2.08 bits per heavy atom. The molecular weight excluding hydrogens is 162 g/mol. The number of nitrogens with zero attached hydrogens (tertiary/aromatic N) is 1. The molecule has 1 heterocycles. The van der Waals surface area contributed by atoms with Crippen molar-refractivity contribution in [1.82, 2.24) is 0 Å². The van der Waals surface area contributed by atoms with Gasteiger partial charge in [-0.1, -0.05) is 25.1 Å². The first-order valence-electron chi connectivity index (χ1n) is 4.56. The Balaban J connectivity index is 2.58. The molecule has 1 aromatic carbocycles. The van der Waals surface area contributed by atoms with E-state index in [0.29, 0.717) is 0 Å².